The molecule has 1 aliphatic rings. The van der Waals surface area contributed by atoms with Gasteiger partial charge in [0.05, 0.1) is 13.0 Å². The fraction of sp³-hybridized carbons (Fsp3) is 0.484. The number of carbonyl (C=O) groups is 5. The zero-order valence-electron chi connectivity index (χ0n) is 25.2. The van der Waals surface area contributed by atoms with Crippen molar-refractivity contribution in [2.24, 2.45) is 17.8 Å². The van der Waals surface area contributed by atoms with E-state index in [1.807, 2.05) is 32.0 Å². The molecule has 0 aliphatic carbocycles. The molecule has 1 fully saturated rings. The summed E-state index contributed by atoms with van der Waals surface area (Å²) in [5, 5.41) is 2.46. The van der Waals surface area contributed by atoms with Gasteiger partial charge in [-0.2, -0.15) is 0 Å². The van der Waals surface area contributed by atoms with Gasteiger partial charge in [-0.1, -0.05) is 58.0 Å². The van der Waals surface area contributed by atoms with E-state index >= 15 is 0 Å². The number of benzene rings is 1. The Balaban J connectivity index is 1.89. The maximum Gasteiger partial charge on any atom is 0.332 e. The lowest BCUT2D eigenvalue weighted by molar-refractivity contribution is -0.176. The Hall–Kier alpha value is -4.48. The molecule has 1 aliphatic heterocycles. The van der Waals surface area contributed by atoms with Gasteiger partial charge in [-0.05, 0) is 24.8 Å². The molecule has 1 N–H and O–H groups in total. The topological polar surface area (TPSA) is 156 Å². The number of nitrogens with zero attached hydrogens (tertiary/aromatic N) is 1. The monoisotopic (exact) mass is 598 g/mol. The SMILES string of the molecule is COc1ccnc(C(=O)N[C@H]2COC(=O)[C@H](Cc3ccccc3)[C@@H](OC(=O)C(C)C)[C@H](C)OC2=O)c1OC(=O)CC(C)C. The minimum atomic E-state index is -1.46. The van der Waals surface area contributed by atoms with Gasteiger partial charge in [0.15, 0.2) is 23.6 Å². The van der Waals surface area contributed by atoms with Crippen LogP contribution in [0.1, 0.15) is 57.1 Å². The number of amides is 1. The summed E-state index contributed by atoms with van der Waals surface area (Å²) >= 11 is 0. The highest BCUT2D eigenvalue weighted by Gasteiger charge is 2.42. The minimum Gasteiger partial charge on any atom is -0.493 e. The highest BCUT2D eigenvalue weighted by Crippen LogP contribution is 2.30. The van der Waals surface area contributed by atoms with Gasteiger partial charge >= 0.3 is 23.9 Å². The van der Waals surface area contributed by atoms with E-state index in [9.17, 15) is 24.0 Å². The molecule has 3 rings (SSSR count). The van der Waals surface area contributed by atoms with Crippen LogP contribution in [0.5, 0.6) is 11.5 Å². The molecule has 0 bridgehead atoms. The van der Waals surface area contributed by atoms with Crippen LogP contribution >= 0.6 is 0 Å². The molecule has 2 heterocycles. The molecular formula is C31H38N2O10. The van der Waals surface area contributed by atoms with E-state index < -0.39 is 66.5 Å². The molecule has 1 amide bonds. The number of carbonyl (C=O) groups excluding carboxylic acids is 5. The van der Waals surface area contributed by atoms with Crippen LogP contribution in [-0.2, 0) is 39.8 Å². The van der Waals surface area contributed by atoms with Crippen molar-refractivity contribution in [3.8, 4) is 11.5 Å². The summed E-state index contributed by atoms with van der Waals surface area (Å²) in [7, 11) is 1.34. The predicted octanol–water partition coefficient (Wildman–Crippen LogP) is 3.06. The Bertz CT molecular complexity index is 1310. The van der Waals surface area contributed by atoms with Crippen LogP contribution < -0.4 is 14.8 Å². The first kappa shape index (κ1) is 33.0. The normalized spacial score (nSPS) is 20.7. The molecule has 0 unspecified atom stereocenters. The highest BCUT2D eigenvalue weighted by molar-refractivity contribution is 5.99. The van der Waals surface area contributed by atoms with Gasteiger partial charge in [0.2, 0.25) is 5.75 Å². The van der Waals surface area contributed by atoms with Crippen LogP contribution in [0, 0.1) is 17.8 Å². The first-order chi connectivity index (χ1) is 20.4. The summed E-state index contributed by atoms with van der Waals surface area (Å²) < 4.78 is 27.5. The van der Waals surface area contributed by atoms with Crippen LogP contribution in [0.15, 0.2) is 42.6 Å². The number of methoxy groups -OCH3 is 1. The molecule has 4 atom stereocenters. The number of nitrogens with one attached hydrogen (secondary N) is 1. The van der Waals surface area contributed by atoms with E-state index in [0.717, 1.165) is 5.56 Å². The van der Waals surface area contributed by atoms with Gasteiger partial charge < -0.3 is 29.0 Å². The van der Waals surface area contributed by atoms with Crippen molar-refractivity contribution in [3.63, 3.8) is 0 Å². The summed E-state index contributed by atoms with van der Waals surface area (Å²) in [5.41, 5.74) is 0.454. The number of rotatable bonds is 10. The molecule has 12 nitrogen and oxygen atoms in total. The second-order valence-electron chi connectivity index (χ2n) is 10.9. The standard InChI is InChI=1S/C31H38N2O10/c1-17(2)14-24(34)42-27-23(39-6)12-13-32-25(27)28(35)33-22-16-40-30(37)21(15-20-10-8-7-9-11-20)26(19(5)41-31(22)38)43-29(36)18(3)4/h7-13,17-19,21-22,26H,14-16H2,1-6H3,(H,33,35)/t19-,21+,22-,26-/m0/s1. The van der Waals surface area contributed by atoms with Crippen molar-refractivity contribution in [1.82, 2.24) is 10.3 Å². The van der Waals surface area contributed by atoms with Crippen molar-refractivity contribution < 1.29 is 47.7 Å². The summed E-state index contributed by atoms with van der Waals surface area (Å²) in [4.78, 5) is 69.0. The summed E-state index contributed by atoms with van der Waals surface area (Å²) in [6.07, 6.45) is -0.731. The van der Waals surface area contributed by atoms with Crippen LogP contribution in [0.2, 0.25) is 0 Å². The van der Waals surface area contributed by atoms with Gasteiger partial charge in [0.25, 0.3) is 5.91 Å². The summed E-state index contributed by atoms with van der Waals surface area (Å²) in [6, 6.07) is 9.02. The number of cyclic esters (lactones) is 2. The van der Waals surface area contributed by atoms with Crippen LogP contribution in [0.4, 0.5) is 0 Å². The molecule has 12 heteroatoms. The quantitative estimate of drug-likeness (QED) is 0.317. The zero-order chi connectivity index (χ0) is 31.7. The third kappa shape index (κ3) is 9.00. The van der Waals surface area contributed by atoms with E-state index in [-0.39, 0.29) is 36.0 Å². The number of ether oxygens (including phenoxy) is 5. The molecule has 2 aromatic rings. The van der Waals surface area contributed by atoms with Crippen molar-refractivity contribution >= 4 is 29.8 Å². The second kappa shape index (κ2) is 15.1. The first-order valence-corrected chi connectivity index (χ1v) is 14.1. The van der Waals surface area contributed by atoms with Crippen molar-refractivity contribution in [1.29, 1.82) is 0 Å². The van der Waals surface area contributed by atoms with Gasteiger partial charge in [-0.15, -0.1) is 0 Å². The van der Waals surface area contributed by atoms with Gasteiger partial charge in [-0.25, -0.2) is 9.78 Å². The molecule has 0 spiro atoms. The Labute approximate surface area is 250 Å². The number of pyridine rings is 1. The van der Waals surface area contributed by atoms with Crippen LogP contribution in [0.3, 0.4) is 0 Å². The Morgan fingerprint density at radius 3 is 2.37 bits per heavy atom. The predicted molar refractivity (Wildman–Crippen MR) is 152 cm³/mol. The third-order valence-corrected chi connectivity index (χ3v) is 6.56. The van der Waals surface area contributed by atoms with Crippen molar-refractivity contribution in [2.45, 2.75) is 65.7 Å². The molecule has 1 saturated heterocycles. The lowest BCUT2D eigenvalue weighted by Crippen LogP contribution is -2.47. The first-order valence-electron chi connectivity index (χ1n) is 14.1. The van der Waals surface area contributed by atoms with Crippen molar-refractivity contribution in [2.75, 3.05) is 13.7 Å². The lowest BCUT2D eigenvalue weighted by Gasteiger charge is -2.29. The smallest absolute Gasteiger partial charge is 0.332 e. The minimum absolute atomic E-state index is 0.00731. The average molecular weight is 599 g/mol. The number of aromatic nitrogens is 1. The van der Waals surface area contributed by atoms with Gasteiger partial charge in [-0.3, -0.25) is 19.2 Å². The summed E-state index contributed by atoms with van der Waals surface area (Å²) in [5.74, 6) is -5.42. The zero-order valence-corrected chi connectivity index (χ0v) is 25.2. The van der Waals surface area contributed by atoms with Gasteiger partial charge in [0.1, 0.15) is 18.6 Å². The fourth-order valence-electron chi connectivity index (χ4n) is 4.32. The second-order valence-corrected chi connectivity index (χ2v) is 10.9. The number of hydrogen-bond acceptors (Lipinski definition) is 11. The highest BCUT2D eigenvalue weighted by atomic mass is 16.6. The Morgan fingerprint density at radius 1 is 1.05 bits per heavy atom. The largest absolute Gasteiger partial charge is 0.493 e. The molecule has 43 heavy (non-hydrogen) atoms. The lowest BCUT2D eigenvalue weighted by atomic mass is 9.91. The Morgan fingerprint density at radius 2 is 1.74 bits per heavy atom. The molecule has 1 aromatic carbocycles. The van der Waals surface area contributed by atoms with E-state index in [4.69, 9.17) is 23.7 Å². The molecule has 232 valence electrons. The van der Waals surface area contributed by atoms with Crippen LogP contribution in [-0.4, -0.2) is 66.7 Å². The van der Waals surface area contributed by atoms with Crippen molar-refractivity contribution in [3.05, 3.63) is 53.9 Å². The third-order valence-electron chi connectivity index (χ3n) is 6.56. The van der Waals surface area contributed by atoms with E-state index in [1.54, 1.807) is 26.0 Å². The van der Waals surface area contributed by atoms with E-state index in [2.05, 4.69) is 10.3 Å². The molecular weight excluding hydrogens is 560 g/mol. The van der Waals surface area contributed by atoms with Crippen LogP contribution in [0.25, 0.3) is 0 Å². The number of esters is 4. The molecule has 1 aromatic heterocycles. The maximum atomic E-state index is 13.4. The molecule has 0 radical (unpaired) electrons. The summed E-state index contributed by atoms with van der Waals surface area (Å²) in [6.45, 7) is 7.88. The van der Waals surface area contributed by atoms with Gasteiger partial charge in [0, 0.05) is 18.7 Å². The fourth-order valence-corrected chi connectivity index (χ4v) is 4.32. The molecule has 0 saturated carbocycles. The Kier molecular flexibility index (Phi) is 11.6. The van der Waals surface area contributed by atoms with E-state index in [0.29, 0.717) is 0 Å². The van der Waals surface area contributed by atoms with E-state index in [1.165, 1.54) is 26.3 Å². The maximum absolute atomic E-state index is 13.4. The number of hydrogen-bond donors (Lipinski definition) is 1. The average Bonchev–Trinajstić information content (AvgIpc) is 2.99.